The van der Waals surface area contributed by atoms with Gasteiger partial charge >= 0.3 is 0 Å². The summed E-state index contributed by atoms with van der Waals surface area (Å²) < 4.78 is 0. The lowest BCUT2D eigenvalue weighted by molar-refractivity contribution is -0.123. The summed E-state index contributed by atoms with van der Waals surface area (Å²) in [6, 6.07) is 0. The first-order chi connectivity index (χ1) is 7.70. The summed E-state index contributed by atoms with van der Waals surface area (Å²) in [5, 5.41) is 5.07. The second-order valence-corrected chi connectivity index (χ2v) is 4.35. The van der Waals surface area contributed by atoms with E-state index < -0.39 is 0 Å². The third-order valence-electron chi connectivity index (χ3n) is 2.27. The monoisotopic (exact) mass is 240 g/mol. The van der Waals surface area contributed by atoms with Crippen LogP contribution in [0.25, 0.3) is 0 Å². The van der Waals surface area contributed by atoms with Gasteiger partial charge in [-0.15, -0.1) is 11.3 Å². The number of nitrogens with one attached hydrogen (secondary N) is 1. The fraction of sp³-hybridized carbons (Fsp3) is 0.444. The highest BCUT2D eigenvalue weighted by molar-refractivity contribution is 7.09. The molecule has 1 saturated heterocycles. The van der Waals surface area contributed by atoms with Gasteiger partial charge in [-0.3, -0.25) is 9.59 Å². The second kappa shape index (κ2) is 4.58. The van der Waals surface area contributed by atoms with Crippen molar-refractivity contribution in [2.45, 2.75) is 6.54 Å². The predicted octanol–water partition coefficient (Wildman–Crippen LogP) is -0.826. The molecule has 2 heterocycles. The lowest BCUT2D eigenvalue weighted by atomic mass is 10.3. The summed E-state index contributed by atoms with van der Waals surface area (Å²) in [6.07, 6.45) is 0. The Balaban J connectivity index is 2.09. The van der Waals surface area contributed by atoms with Crippen LogP contribution in [0.1, 0.15) is 15.5 Å². The van der Waals surface area contributed by atoms with Crippen LogP contribution in [0.4, 0.5) is 0 Å². The van der Waals surface area contributed by atoms with Crippen molar-refractivity contribution in [2.24, 2.45) is 5.73 Å². The minimum Gasteiger partial charge on any atom is -0.353 e. The van der Waals surface area contributed by atoms with Crippen molar-refractivity contribution >= 4 is 23.2 Å². The molecule has 1 fully saturated rings. The molecule has 7 heteroatoms. The molecule has 1 aliphatic heterocycles. The van der Waals surface area contributed by atoms with Crippen molar-refractivity contribution in [3.8, 4) is 0 Å². The molecule has 1 aliphatic rings. The van der Waals surface area contributed by atoms with Crippen LogP contribution in [-0.2, 0) is 11.3 Å². The number of nitrogens with two attached hydrogens (primary N) is 1. The smallest absolute Gasteiger partial charge is 0.273 e. The number of amides is 2. The normalized spacial score (nSPS) is 16.1. The molecule has 1 aromatic heterocycles. The standard InChI is InChI=1S/C9H12N4O2S/c10-3-8-12-6(5-16-8)9(15)13-2-1-11-7(14)4-13/h5H,1-4,10H2,(H,11,14). The number of aromatic nitrogens is 1. The van der Waals surface area contributed by atoms with Gasteiger partial charge in [0.25, 0.3) is 5.91 Å². The average Bonchev–Trinajstić information content (AvgIpc) is 2.76. The van der Waals surface area contributed by atoms with E-state index in [0.717, 1.165) is 5.01 Å². The van der Waals surface area contributed by atoms with Gasteiger partial charge in [-0.05, 0) is 0 Å². The zero-order chi connectivity index (χ0) is 11.5. The number of rotatable bonds is 2. The molecule has 2 rings (SSSR count). The molecule has 1 aromatic rings. The van der Waals surface area contributed by atoms with E-state index in [2.05, 4.69) is 10.3 Å². The summed E-state index contributed by atoms with van der Waals surface area (Å²) in [5.74, 6) is -0.334. The molecule has 0 unspecified atom stereocenters. The minimum atomic E-state index is -0.203. The van der Waals surface area contributed by atoms with Gasteiger partial charge in [-0.2, -0.15) is 0 Å². The SMILES string of the molecule is NCc1nc(C(=O)N2CCNC(=O)C2)cs1. The van der Waals surface area contributed by atoms with Crippen LogP contribution >= 0.6 is 11.3 Å². The molecule has 3 N–H and O–H groups in total. The number of carbonyl (C=O) groups excluding carboxylic acids is 2. The van der Waals surface area contributed by atoms with Crippen molar-refractivity contribution in [1.82, 2.24) is 15.2 Å². The first kappa shape index (κ1) is 11.0. The molecule has 86 valence electrons. The van der Waals surface area contributed by atoms with Crippen molar-refractivity contribution < 1.29 is 9.59 Å². The Bertz CT molecular complexity index is 417. The Labute approximate surface area is 96.4 Å². The van der Waals surface area contributed by atoms with E-state index in [4.69, 9.17) is 5.73 Å². The van der Waals surface area contributed by atoms with Crippen molar-refractivity contribution in [3.63, 3.8) is 0 Å². The minimum absolute atomic E-state index is 0.105. The third-order valence-corrected chi connectivity index (χ3v) is 3.14. The van der Waals surface area contributed by atoms with Gasteiger partial charge in [0.05, 0.1) is 6.54 Å². The van der Waals surface area contributed by atoms with E-state index in [1.807, 2.05) is 0 Å². The molecule has 2 amide bonds. The molecule has 0 spiro atoms. The fourth-order valence-electron chi connectivity index (χ4n) is 1.48. The number of hydrogen-bond acceptors (Lipinski definition) is 5. The number of nitrogens with zero attached hydrogens (tertiary/aromatic N) is 2. The predicted molar refractivity (Wildman–Crippen MR) is 58.9 cm³/mol. The molecule has 0 saturated carbocycles. The molecule has 0 radical (unpaired) electrons. The van der Waals surface area contributed by atoms with Gasteiger partial charge in [0.1, 0.15) is 10.7 Å². The van der Waals surface area contributed by atoms with E-state index in [0.29, 0.717) is 25.3 Å². The van der Waals surface area contributed by atoms with Gasteiger partial charge < -0.3 is 16.0 Å². The Morgan fingerprint density at radius 1 is 1.69 bits per heavy atom. The largest absolute Gasteiger partial charge is 0.353 e. The number of piperazine rings is 1. The van der Waals surface area contributed by atoms with Gasteiger partial charge in [-0.25, -0.2) is 4.98 Å². The molecule has 16 heavy (non-hydrogen) atoms. The topological polar surface area (TPSA) is 88.3 Å². The van der Waals surface area contributed by atoms with Crippen molar-refractivity contribution in [2.75, 3.05) is 19.6 Å². The zero-order valence-electron chi connectivity index (χ0n) is 8.60. The molecule has 6 nitrogen and oxygen atoms in total. The van der Waals surface area contributed by atoms with Gasteiger partial charge in [0, 0.05) is 25.0 Å². The van der Waals surface area contributed by atoms with Crippen molar-refractivity contribution in [1.29, 1.82) is 0 Å². The maximum atomic E-state index is 11.9. The zero-order valence-corrected chi connectivity index (χ0v) is 9.42. The first-order valence-electron chi connectivity index (χ1n) is 4.91. The Morgan fingerprint density at radius 3 is 3.12 bits per heavy atom. The highest BCUT2D eigenvalue weighted by Crippen LogP contribution is 2.11. The maximum absolute atomic E-state index is 11.9. The summed E-state index contributed by atoms with van der Waals surface area (Å²) in [5.41, 5.74) is 5.80. The highest BCUT2D eigenvalue weighted by Gasteiger charge is 2.23. The Morgan fingerprint density at radius 2 is 2.50 bits per heavy atom. The number of carbonyl (C=O) groups is 2. The van der Waals surface area contributed by atoms with E-state index in [-0.39, 0.29) is 18.4 Å². The van der Waals surface area contributed by atoms with Crippen LogP contribution < -0.4 is 11.1 Å². The van der Waals surface area contributed by atoms with Crippen LogP contribution in [-0.4, -0.2) is 41.3 Å². The van der Waals surface area contributed by atoms with Crippen LogP contribution in [0.2, 0.25) is 0 Å². The average molecular weight is 240 g/mol. The number of thiazole rings is 1. The summed E-state index contributed by atoms with van der Waals surface area (Å²) in [4.78, 5) is 28.6. The lowest BCUT2D eigenvalue weighted by Gasteiger charge is -2.25. The molecule has 0 atom stereocenters. The third kappa shape index (κ3) is 2.20. The van der Waals surface area contributed by atoms with Gasteiger partial charge in [0.2, 0.25) is 5.91 Å². The quantitative estimate of drug-likeness (QED) is 0.706. The fourth-order valence-corrected chi connectivity index (χ4v) is 2.13. The highest BCUT2D eigenvalue weighted by atomic mass is 32.1. The molecule has 0 aliphatic carbocycles. The van der Waals surface area contributed by atoms with E-state index in [1.165, 1.54) is 16.2 Å². The Hall–Kier alpha value is -1.47. The molecule has 0 aromatic carbocycles. The van der Waals surface area contributed by atoms with Crippen LogP contribution in [0.15, 0.2) is 5.38 Å². The Kier molecular flexibility index (Phi) is 3.16. The lowest BCUT2D eigenvalue weighted by Crippen LogP contribution is -2.50. The van der Waals surface area contributed by atoms with Gasteiger partial charge in [0.15, 0.2) is 0 Å². The maximum Gasteiger partial charge on any atom is 0.273 e. The van der Waals surface area contributed by atoms with Gasteiger partial charge in [-0.1, -0.05) is 0 Å². The first-order valence-corrected chi connectivity index (χ1v) is 5.79. The van der Waals surface area contributed by atoms with E-state index in [1.54, 1.807) is 5.38 Å². The van der Waals surface area contributed by atoms with Crippen LogP contribution in [0, 0.1) is 0 Å². The van der Waals surface area contributed by atoms with Crippen LogP contribution in [0.5, 0.6) is 0 Å². The van der Waals surface area contributed by atoms with E-state index >= 15 is 0 Å². The second-order valence-electron chi connectivity index (χ2n) is 3.41. The van der Waals surface area contributed by atoms with Crippen LogP contribution in [0.3, 0.4) is 0 Å². The summed E-state index contributed by atoms with van der Waals surface area (Å²) in [6.45, 7) is 1.46. The van der Waals surface area contributed by atoms with Crippen molar-refractivity contribution in [3.05, 3.63) is 16.1 Å². The number of hydrogen-bond donors (Lipinski definition) is 2. The summed E-state index contributed by atoms with van der Waals surface area (Å²) in [7, 11) is 0. The van der Waals surface area contributed by atoms with E-state index in [9.17, 15) is 9.59 Å². The molecular formula is C9H12N4O2S. The molecule has 0 bridgehead atoms. The summed E-state index contributed by atoms with van der Waals surface area (Å²) >= 11 is 1.36. The molecular weight excluding hydrogens is 228 g/mol.